The highest BCUT2D eigenvalue weighted by Crippen LogP contribution is 2.19. The molecule has 0 rings (SSSR count). The van der Waals surface area contributed by atoms with Crippen molar-refractivity contribution in [3.05, 3.63) is 12.2 Å². The number of unbranched alkanes of at least 4 members (excludes halogenated alkanes) is 56. The minimum absolute atomic E-state index is 0.0655. The molecule has 0 bridgehead atoms. The van der Waals surface area contributed by atoms with Gasteiger partial charge in [0, 0.05) is 19.3 Å². The molecule has 0 aromatic heterocycles. The normalized spacial score (nSPS) is 12.0. The first kappa shape index (κ1) is 78.1. The number of hydrogen-bond acceptors (Lipinski definition) is 6. The van der Waals surface area contributed by atoms with Gasteiger partial charge >= 0.3 is 17.9 Å². The Bertz CT molecular complexity index is 1250. The summed E-state index contributed by atoms with van der Waals surface area (Å²) in [6, 6.07) is 0. The summed E-state index contributed by atoms with van der Waals surface area (Å²) in [6.45, 7) is 6.72. The van der Waals surface area contributed by atoms with E-state index >= 15 is 0 Å². The molecule has 0 N–H and O–H groups in total. The molecule has 0 aliphatic carbocycles. The van der Waals surface area contributed by atoms with Crippen LogP contribution in [-0.4, -0.2) is 37.2 Å². The summed E-state index contributed by atoms with van der Waals surface area (Å²) < 4.78 is 17.0. The van der Waals surface area contributed by atoms with Gasteiger partial charge in [0.1, 0.15) is 13.2 Å². The summed E-state index contributed by atoms with van der Waals surface area (Å²) >= 11 is 0. The van der Waals surface area contributed by atoms with E-state index in [0.29, 0.717) is 19.3 Å². The molecule has 1 unspecified atom stereocenters. The van der Waals surface area contributed by atoms with Gasteiger partial charge < -0.3 is 14.2 Å². The van der Waals surface area contributed by atoms with E-state index in [4.69, 9.17) is 14.2 Å². The van der Waals surface area contributed by atoms with Crippen LogP contribution in [-0.2, 0) is 28.6 Å². The van der Waals surface area contributed by atoms with Crippen molar-refractivity contribution in [2.45, 2.75) is 431 Å². The Morgan fingerprint density at radius 3 is 0.625 bits per heavy atom. The van der Waals surface area contributed by atoms with Crippen molar-refractivity contribution in [3.8, 4) is 0 Å². The molecule has 6 heteroatoms. The summed E-state index contributed by atoms with van der Waals surface area (Å²) in [6.07, 6.45) is 84.0. The van der Waals surface area contributed by atoms with Gasteiger partial charge in [-0.1, -0.05) is 373 Å². The summed E-state index contributed by atoms with van der Waals surface area (Å²) in [7, 11) is 0. The smallest absolute Gasteiger partial charge is 0.306 e. The molecular weight excluding hydrogens is 985 g/mol. The second kappa shape index (κ2) is 69.6. The van der Waals surface area contributed by atoms with Crippen LogP contribution in [0.5, 0.6) is 0 Å². The van der Waals surface area contributed by atoms with Crippen LogP contribution in [0, 0.1) is 0 Å². The van der Waals surface area contributed by atoms with Crippen LogP contribution >= 0.6 is 0 Å². The lowest BCUT2D eigenvalue weighted by molar-refractivity contribution is -0.167. The Morgan fingerprint density at radius 1 is 0.237 bits per heavy atom. The summed E-state index contributed by atoms with van der Waals surface area (Å²) in [5.41, 5.74) is 0. The fourth-order valence-electron chi connectivity index (χ4n) is 11.5. The summed E-state index contributed by atoms with van der Waals surface area (Å²) in [5, 5.41) is 0. The second-order valence-corrected chi connectivity index (χ2v) is 25.2. The van der Waals surface area contributed by atoms with Gasteiger partial charge in [0.2, 0.25) is 0 Å². The third-order valence-electron chi connectivity index (χ3n) is 17.0. The molecule has 0 aliphatic rings. The quantitative estimate of drug-likeness (QED) is 0.0261. The van der Waals surface area contributed by atoms with Gasteiger partial charge in [0.05, 0.1) is 0 Å². The fourth-order valence-corrected chi connectivity index (χ4v) is 11.5. The first-order valence-electron chi connectivity index (χ1n) is 36.7. The van der Waals surface area contributed by atoms with Crippen molar-refractivity contribution in [1.29, 1.82) is 0 Å². The van der Waals surface area contributed by atoms with Crippen molar-refractivity contribution < 1.29 is 28.6 Å². The summed E-state index contributed by atoms with van der Waals surface area (Å²) in [5.74, 6) is -0.838. The SMILES string of the molecule is CCCCCCC/C=C\CCCCCCCC(=O)OCC(COC(=O)CCCCCCCCCCCCCCCCCCCCCCCCCCCCCC)OC(=O)CCCCCCCCCCCCCCCCCCCCCC. The van der Waals surface area contributed by atoms with Crippen LogP contribution in [0.2, 0.25) is 0 Å². The molecule has 0 fully saturated rings. The zero-order valence-corrected chi connectivity index (χ0v) is 54.6. The largest absolute Gasteiger partial charge is 0.462 e. The van der Waals surface area contributed by atoms with Gasteiger partial charge in [-0.15, -0.1) is 0 Å². The fraction of sp³-hybridized carbons (Fsp3) is 0.932. The Kier molecular flexibility index (Phi) is 68.0. The van der Waals surface area contributed by atoms with E-state index in [2.05, 4.69) is 32.9 Å². The Balaban J connectivity index is 4.18. The summed E-state index contributed by atoms with van der Waals surface area (Å²) in [4.78, 5) is 38.4. The van der Waals surface area contributed by atoms with Crippen LogP contribution < -0.4 is 0 Å². The van der Waals surface area contributed by atoms with E-state index in [1.807, 2.05) is 0 Å². The molecule has 0 saturated heterocycles. The van der Waals surface area contributed by atoms with Crippen molar-refractivity contribution >= 4 is 17.9 Å². The van der Waals surface area contributed by atoms with Gasteiger partial charge in [0.25, 0.3) is 0 Å². The number of esters is 3. The molecule has 80 heavy (non-hydrogen) atoms. The number of allylic oxidation sites excluding steroid dienone is 2. The number of carbonyl (C=O) groups is 3. The van der Waals surface area contributed by atoms with Gasteiger partial charge in [-0.25, -0.2) is 0 Å². The van der Waals surface area contributed by atoms with Gasteiger partial charge in [-0.3, -0.25) is 14.4 Å². The number of carbonyl (C=O) groups excluding carboxylic acids is 3. The number of hydrogen-bond donors (Lipinski definition) is 0. The Labute approximate surface area is 501 Å². The third-order valence-corrected chi connectivity index (χ3v) is 17.0. The molecule has 0 saturated carbocycles. The lowest BCUT2D eigenvalue weighted by Crippen LogP contribution is -2.30. The van der Waals surface area contributed by atoms with Gasteiger partial charge in [-0.05, 0) is 44.9 Å². The highest BCUT2D eigenvalue weighted by Gasteiger charge is 2.20. The zero-order chi connectivity index (χ0) is 57.8. The van der Waals surface area contributed by atoms with Gasteiger partial charge in [-0.2, -0.15) is 0 Å². The molecule has 0 amide bonds. The Hall–Kier alpha value is -1.85. The molecule has 0 spiro atoms. The molecule has 0 aromatic carbocycles. The molecule has 0 aromatic rings. The van der Waals surface area contributed by atoms with Crippen molar-refractivity contribution in [2.24, 2.45) is 0 Å². The molecule has 6 nitrogen and oxygen atoms in total. The average molecular weight is 1130 g/mol. The molecule has 0 radical (unpaired) electrons. The first-order valence-corrected chi connectivity index (χ1v) is 36.7. The zero-order valence-electron chi connectivity index (χ0n) is 54.6. The number of rotatable bonds is 69. The van der Waals surface area contributed by atoms with Crippen molar-refractivity contribution in [3.63, 3.8) is 0 Å². The minimum atomic E-state index is -0.770. The van der Waals surface area contributed by atoms with E-state index in [1.54, 1.807) is 0 Å². The van der Waals surface area contributed by atoms with Crippen LogP contribution in [0.3, 0.4) is 0 Å². The lowest BCUT2D eigenvalue weighted by Gasteiger charge is -2.18. The van der Waals surface area contributed by atoms with E-state index in [1.165, 1.54) is 321 Å². The van der Waals surface area contributed by atoms with Crippen LogP contribution in [0.15, 0.2) is 12.2 Å². The molecule has 474 valence electrons. The maximum atomic E-state index is 13.0. The monoisotopic (exact) mass is 1130 g/mol. The molecular formula is C74H142O6. The van der Waals surface area contributed by atoms with Crippen molar-refractivity contribution in [1.82, 2.24) is 0 Å². The van der Waals surface area contributed by atoms with E-state index in [0.717, 1.165) is 64.2 Å². The van der Waals surface area contributed by atoms with Crippen LogP contribution in [0.25, 0.3) is 0 Å². The highest BCUT2D eigenvalue weighted by atomic mass is 16.6. The van der Waals surface area contributed by atoms with Crippen LogP contribution in [0.1, 0.15) is 425 Å². The lowest BCUT2D eigenvalue weighted by atomic mass is 10.0. The maximum absolute atomic E-state index is 13.0. The predicted octanol–water partition coefficient (Wildman–Crippen LogP) is 25.2. The first-order chi connectivity index (χ1) is 39.5. The predicted molar refractivity (Wildman–Crippen MR) is 349 cm³/mol. The topological polar surface area (TPSA) is 78.9 Å². The second-order valence-electron chi connectivity index (χ2n) is 25.2. The van der Waals surface area contributed by atoms with Gasteiger partial charge in [0.15, 0.2) is 6.10 Å². The van der Waals surface area contributed by atoms with E-state index in [-0.39, 0.29) is 31.1 Å². The highest BCUT2D eigenvalue weighted by molar-refractivity contribution is 5.71. The van der Waals surface area contributed by atoms with E-state index in [9.17, 15) is 14.4 Å². The average Bonchev–Trinajstić information content (AvgIpc) is 3.46. The van der Waals surface area contributed by atoms with Crippen LogP contribution in [0.4, 0.5) is 0 Å². The van der Waals surface area contributed by atoms with E-state index < -0.39 is 6.10 Å². The molecule has 0 aliphatic heterocycles. The minimum Gasteiger partial charge on any atom is -0.462 e. The molecule has 1 atom stereocenters. The third kappa shape index (κ3) is 66.9. The van der Waals surface area contributed by atoms with Crippen molar-refractivity contribution in [2.75, 3.05) is 13.2 Å². The Morgan fingerprint density at radius 2 is 0.412 bits per heavy atom. The maximum Gasteiger partial charge on any atom is 0.306 e. The standard InChI is InChI=1S/C74H142O6/c1-4-7-10-13-16-19-22-25-28-30-32-34-35-36-37-38-39-40-41-43-44-46-49-52-55-58-61-64-67-73(76)79-70-71(69-78-72(75)66-63-60-57-54-51-48-27-24-21-18-15-12-9-6-3)80-74(77)68-65-62-59-56-53-50-47-45-42-33-31-29-26-23-20-17-14-11-8-5-2/h24,27,71H,4-23,25-26,28-70H2,1-3H3/b27-24-. The molecule has 0 heterocycles. The number of ether oxygens (including phenoxy) is 3.